The Morgan fingerprint density at radius 3 is 2.63 bits per heavy atom. The Labute approximate surface area is 158 Å². The van der Waals surface area contributed by atoms with Crippen LogP contribution in [-0.4, -0.2) is 30.4 Å². The molecular weight excluding hydrogens is 340 g/mol. The minimum absolute atomic E-state index is 0.0271. The van der Waals surface area contributed by atoms with Crippen LogP contribution in [0.2, 0.25) is 0 Å². The van der Waals surface area contributed by atoms with Crippen LogP contribution >= 0.6 is 0 Å². The molecule has 1 aliphatic rings. The van der Waals surface area contributed by atoms with E-state index in [1.165, 1.54) is 19.3 Å². The van der Waals surface area contributed by atoms with Crippen LogP contribution in [-0.2, 0) is 4.79 Å². The minimum atomic E-state index is -0.382. The monoisotopic (exact) mass is 364 g/mol. The maximum absolute atomic E-state index is 12.4. The molecule has 0 spiro atoms. The number of nitrogens with zero attached hydrogens (tertiary/aromatic N) is 1. The van der Waals surface area contributed by atoms with E-state index < -0.39 is 0 Å². The number of hydrogen-bond donors (Lipinski definition) is 1. The summed E-state index contributed by atoms with van der Waals surface area (Å²) in [5.41, 5.74) is 1.88. The van der Waals surface area contributed by atoms with Crippen molar-refractivity contribution in [1.29, 1.82) is 0 Å². The van der Waals surface area contributed by atoms with Gasteiger partial charge >= 0.3 is 5.63 Å². The molecule has 27 heavy (non-hydrogen) atoms. The lowest BCUT2D eigenvalue weighted by Gasteiger charge is -2.25. The molecule has 0 bridgehead atoms. The van der Waals surface area contributed by atoms with Crippen molar-refractivity contribution in [2.45, 2.75) is 32.6 Å². The molecule has 1 amide bonds. The first-order chi connectivity index (χ1) is 13.1. The second-order valence-electron chi connectivity index (χ2n) is 7.35. The molecule has 0 unspecified atom stereocenters. The summed E-state index contributed by atoms with van der Waals surface area (Å²) in [7, 11) is 0. The normalized spacial score (nSPS) is 15.3. The SMILES string of the molecule is Cc1ccc2c(c1)oc(=O)c1cc(NC(=O)CCN3CCCCC3)ccc12. The summed E-state index contributed by atoms with van der Waals surface area (Å²) in [4.78, 5) is 27.0. The van der Waals surface area contributed by atoms with Crippen LogP contribution in [0.4, 0.5) is 5.69 Å². The summed E-state index contributed by atoms with van der Waals surface area (Å²) in [6.07, 6.45) is 4.19. The smallest absolute Gasteiger partial charge is 0.344 e. The number of amides is 1. The van der Waals surface area contributed by atoms with Crippen molar-refractivity contribution in [1.82, 2.24) is 4.90 Å². The maximum Gasteiger partial charge on any atom is 0.344 e. The lowest BCUT2D eigenvalue weighted by atomic mass is 10.1. The maximum atomic E-state index is 12.4. The Morgan fingerprint density at radius 1 is 1.04 bits per heavy atom. The van der Waals surface area contributed by atoms with E-state index in [1.807, 2.05) is 37.3 Å². The third-order valence-corrected chi connectivity index (χ3v) is 5.26. The molecule has 1 saturated heterocycles. The highest BCUT2D eigenvalue weighted by atomic mass is 16.4. The van der Waals surface area contributed by atoms with Crippen molar-refractivity contribution in [3.8, 4) is 0 Å². The van der Waals surface area contributed by atoms with Gasteiger partial charge in [0.1, 0.15) is 5.58 Å². The summed E-state index contributed by atoms with van der Waals surface area (Å²) in [6.45, 7) is 4.91. The fourth-order valence-electron chi connectivity index (χ4n) is 3.78. The molecule has 3 aromatic rings. The average molecular weight is 364 g/mol. The van der Waals surface area contributed by atoms with Gasteiger partial charge in [0.15, 0.2) is 0 Å². The predicted octanol–water partition coefficient (Wildman–Crippen LogP) is 4.07. The van der Waals surface area contributed by atoms with Crippen molar-refractivity contribution < 1.29 is 9.21 Å². The van der Waals surface area contributed by atoms with E-state index in [2.05, 4.69) is 10.2 Å². The molecule has 1 aliphatic heterocycles. The van der Waals surface area contributed by atoms with Gasteiger partial charge in [0.25, 0.3) is 0 Å². The lowest BCUT2D eigenvalue weighted by molar-refractivity contribution is -0.116. The van der Waals surface area contributed by atoms with Crippen molar-refractivity contribution in [3.05, 3.63) is 52.4 Å². The third kappa shape index (κ3) is 3.88. The van der Waals surface area contributed by atoms with E-state index >= 15 is 0 Å². The van der Waals surface area contributed by atoms with Crippen molar-refractivity contribution >= 4 is 33.3 Å². The number of nitrogens with one attached hydrogen (secondary N) is 1. The molecule has 5 heteroatoms. The second kappa shape index (κ2) is 7.53. The van der Waals surface area contributed by atoms with Gasteiger partial charge in [0.05, 0.1) is 5.39 Å². The van der Waals surface area contributed by atoms with Crippen LogP contribution < -0.4 is 10.9 Å². The van der Waals surface area contributed by atoms with Gasteiger partial charge in [0.2, 0.25) is 5.91 Å². The molecule has 2 heterocycles. The standard InChI is InChI=1S/C22H24N2O3/c1-15-5-7-18-17-8-6-16(14-19(17)22(26)27-20(18)13-15)23-21(25)9-12-24-10-3-2-4-11-24/h5-8,13-14H,2-4,9-12H2,1H3,(H,23,25). The number of anilines is 1. The molecule has 1 aromatic heterocycles. The first-order valence-corrected chi connectivity index (χ1v) is 9.59. The predicted molar refractivity (Wildman–Crippen MR) is 108 cm³/mol. The highest BCUT2D eigenvalue weighted by Crippen LogP contribution is 2.26. The van der Waals surface area contributed by atoms with Gasteiger partial charge in [-0.15, -0.1) is 0 Å². The van der Waals surface area contributed by atoms with Gasteiger partial charge in [-0.2, -0.15) is 0 Å². The van der Waals surface area contributed by atoms with E-state index in [1.54, 1.807) is 6.07 Å². The molecule has 5 nitrogen and oxygen atoms in total. The highest BCUT2D eigenvalue weighted by molar-refractivity contribution is 6.06. The van der Waals surface area contributed by atoms with Crippen LogP contribution in [0.25, 0.3) is 21.7 Å². The van der Waals surface area contributed by atoms with E-state index in [-0.39, 0.29) is 11.5 Å². The molecule has 0 aliphatic carbocycles. The zero-order valence-corrected chi connectivity index (χ0v) is 15.6. The van der Waals surface area contributed by atoms with Gasteiger partial charge in [-0.3, -0.25) is 4.79 Å². The Hall–Kier alpha value is -2.66. The molecular formula is C22H24N2O3. The quantitative estimate of drug-likeness (QED) is 0.560. The van der Waals surface area contributed by atoms with Crippen LogP contribution in [0, 0.1) is 6.92 Å². The Balaban J connectivity index is 1.53. The van der Waals surface area contributed by atoms with Crippen LogP contribution in [0.1, 0.15) is 31.2 Å². The molecule has 140 valence electrons. The van der Waals surface area contributed by atoms with Crippen molar-refractivity contribution in [2.75, 3.05) is 25.0 Å². The number of carbonyl (C=O) groups is 1. The first-order valence-electron chi connectivity index (χ1n) is 9.59. The summed E-state index contributed by atoms with van der Waals surface area (Å²) in [6, 6.07) is 11.3. The molecule has 0 atom stereocenters. The zero-order chi connectivity index (χ0) is 18.8. The fraction of sp³-hybridized carbons (Fsp3) is 0.364. The number of hydrogen-bond acceptors (Lipinski definition) is 4. The Morgan fingerprint density at radius 2 is 1.81 bits per heavy atom. The molecule has 0 saturated carbocycles. The summed E-state index contributed by atoms with van der Waals surface area (Å²) in [5, 5.41) is 5.14. The zero-order valence-electron chi connectivity index (χ0n) is 15.6. The van der Waals surface area contributed by atoms with E-state index in [0.29, 0.717) is 23.1 Å². The minimum Gasteiger partial charge on any atom is -0.422 e. The highest BCUT2D eigenvalue weighted by Gasteiger charge is 2.13. The van der Waals surface area contributed by atoms with Crippen molar-refractivity contribution in [2.24, 2.45) is 0 Å². The Kier molecular flexibility index (Phi) is 4.94. The lowest BCUT2D eigenvalue weighted by Crippen LogP contribution is -2.32. The fourth-order valence-corrected chi connectivity index (χ4v) is 3.78. The van der Waals surface area contributed by atoms with Gasteiger partial charge < -0.3 is 14.6 Å². The first kappa shape index (κ1) is 17.7. The van der Waals surface area contributed by atoms with Crippen molar-refractivity contribution in [3.63, 3.8) is 0 Å². The largest absolute Gasteiger partial charge is 0.422 e. The van der Waals surface area contributed by atoms with Crippen LogP contribution in [0.3, 0.4) is 0 Å². The van der Waals surface area contributed by atoms with Crippen LogP contribution in [0.5, 0.6) is 0 Å². The Bertz CT molecular complexity index is 1050. The van der Waals surface area contributed by atoms with E-state index in [0.717, 1.165) is 36.0 Å². The number of carbonyl (C=O) groups excluding carboxylic acids is 1. The molecule has 0 radical (unpaired) electrons. The number of likely N-dealkylation sites (tertiary alicyclic amines) is 1. The van der Waals surface area contributed by atoms with E-state index in [4.69, 9.17) is 4.42 Å². The number of aryl methyl sites for hydroxylation is 1. The van der Waals surface area contributed by atoms with E-state index in [9.17, 15) is 9.59 Å². The van der Waals surface area contributed by atoms with Gasteiger partial charge in [-0.1, -0.05) is 24.6 Å². The number of fused-ring (bicyclic) bond motifs is 3. The summed E-state index contributed by atoms with van der Waals surface area (Å²) in [5.74, 6) is -0.0271. The van der Waals surface area contributed by atoms with Gasteiger partial charge in [-0.25, -0.2) is 4.79 Å². The number of benzene rings is 2. The third-order valence-electron chi connectivity index (χ3n) is 5.26. The second-order valence-corrected chi connectivity index (χ2v) is 7.35. The molecule has 4 rings (SSSR count). The number of rotatable bonds is 4. The van der Waals surface area contributed by atoms with Crippen LogP contribution in [0.15, 0.2) is 45.6 Å². The topological polar surface area (TPSA) is 62.6 Å². The number of piperidine rings is 1. The molecule has 1 N–H and O–H groups in total. The molecule has 1 fully saturated rings. The average Bonchev–Trinajstić information content (AvgIpc) is 2.67. The summed E-state index contributed by atoms with van der Waals surface area (Å²) >= 11 is 0. The summed E-state index contributed by atoms with van der Waals surface area (Å²) < 4.78 is 5.47. The van der Waals surface area contributed by atoms with Gasteiger partial charge in [-0.05, 0) is 56.6 Å². The molecule has 2 aromatic carbocycles. The van der Waals surface area contributed by atoms with Gasteiger partial charge in [0, 0.05) is 29.4 Å².